The molecule has 110 valence electrons. The second kappa shape index (κ2) is 6.45. The van der Waals surface area contributed by atoms with Crippen LogP contribution in [0, 0.1) is 5.41 Å². The van der Waals surface area contributed by atoms with Crippen LogP contribution >= 0.6 is 0 Å². The zero-order valence-electron chi connectivity index (χ0n) is 11.3. The minimum absolute atomic E-state index is 0.135. The van der Waals surface area contributed by atoms with E-state index < -0.39 is 23.7 Å². The fraction of sp³-hybridized carbons (Fsp3) is 0.429. The normalized spacial score (nSPS) is 11.4. The fourth-order valence-corrected chi connectivity index (χ4v) is 1.51. The van der Waals surface area contributed by atoms with Crippen LogP contribution in [0.1, 0.15) is 42.6 Å². The van der Waals surface area contributed by atoms with E-state index in [4.69, 9.17) is 5.11 Å². The quantitative estimate of drug-likeness (QED) is 0.844. The third kappa shape index (κ3) is 4.29. The maximum absolute atomic E-state index is 12.5. The lowest BCUT2D eigenvalue weighted by molar-refractivity contribution is -0.147. The largest absolute Gasteiger partial charge is 0.481 e. The molecule has 0 bridgehead atoms. The number of carboxylic acids is 1. The standard InChI is InChI=1S/C14H17F2NO3/c1-14(2,13(19)20)6-7-17-12(18)10-5-3-4-9(8-10)11(15)16/h3-5,8,11H,6-7H2,1-2H3,(H,17,18)(H,19,20). The highest BCUT2D eigenvalue weighted by molar-refractivity contribution is 5.94. The zero-order chi connectivity index (χ0) is 15.3. The zero-order valence-corrected chi connectivity index (χ0v) is 11.3. The van der Waals surface area contributed by atoms with Crippen molar-refractivity contribution in [2.45, 2.75) is 26.7 Å². The Balaban J connectivity index is 2.60. The summed E-state index contributed by atoms with van der Waals surface area (Å²) in [6.45, 7) is 3.27. The molecule has 0 fully saturated rings. The van der Waals surface area contributed by atoms with E-state index in [2.05, 4.69) is 5.32 Å². The number of rotatable bonds is 6. The van der Waals surface area contributed by atoms with Crippen LogP contribution in [-0.2, 0) is 4.79 Å². The van der Waals surface area contributed by atoms with Gasteiger partial charge in [0, 0.05) is 17.7 Å². The number of carboxylic acid groups (broad SMARTS) is 1. The molecule has 0 radical (unpaired) electrons. The molecule has 0 spiro atoms. The number of amides is 1. The number of hydrogen-bond acceptors (Lipinski definition) is 2. The minimum atomic E-state index is -2.63. The Hall–Kier alpha value is -1.98. The summed E-state index contributed by atoms with van der Waals surface area (Å²) < 4.78 is 25.0. The first-order valence-electron chi connectivity index (χ1n) is 6.14. The molecule has 0 aliphatic carbocycles. The molecule has 1 aromatic carbocycles. The van der Waals surface area contributed by atoms with Crippen molar-refractivity contribution < 1.29 is 23.5 Å². The summed E-state index contributed by atoms with van der Waals surface area (Å²) in [5, 5.41) is 11.5. The first-order valence-corrected chi connectivity index (χ1v) is 6.14. The van der Waals surface area contributed by atoms with E-state index in [-0.39, 0.29) is 24.1 Å². The smallest absolute Gasteiger partial charge is 0.309 e. The van der Waals surface area contributed by atoms with Gasteiger partial charge in [0.05, 0.1) is 5.41 Å². The molecule has 0 aliphatic rings. The van der Waals surface area contributed by atoms with Crippen molar-refractivity contribution >= 4 is 11.9 Å². The number of alkyl halides is 2. The van der Waals surface area contributed by atoms with Gasteiger partial charge in [-0.1, -0.05) is 12.1 Å². The van der Waals surface area contributed by atoms with E-state index in [1.54, 1.807) is 13.8 Å². The van der Waals surface area contributed by atoms with Crippen molar-refractivity contribution in [3.05, 3.63) is 35.4 Å². The van der Waals surface area contributed by atoms with E-state index in [9.17, 15) is 18.4 Å². The maximum Gasteiger partial charge on any atom is 0.309 e. The van der Waals surface area contributed by atoms with Gasteiger partial charge >= 0.3 is 5.97 Å². The van der Waals surface area contributed by atoms with E-state index in [0.717, 1.165) is 6.07 Å². The van der Waals surface area contributed by atoms with Crippen molar-refractivity contribution in [1.29, 1.82) is 0 Å². The molecule has 0 saturated carbocycles. The summed E-state index contributed by atoms with van der Waals surface area (Å²) in [7, 11) is 0. The first kappa shape index (κ1) is 16.1. The summed E-state index contributed by atoms with van der Waals surface area (Å²) in [5.74, 6) is -1.44. The van der Waals surface area contributed by atoms with E-state index in [1.165, 1.54) is 18.2 Å². The molecule has 20 heavy (non-hydrogen) atoms. The van der Waals surface area contributed by atoms with Crippen LogP contribution in [-0.4, -0.2) is 23.5 Å². The van der Waals surface area contributed by atoms with Crippen molar-refractivity contribution in [3.63, 3.8) is 0 Å². The third-order valence-electron chi connectivity index (χ3n) is 3.02. The fourth-order valence-electron chi connectivity index (χ4n) is 1.51. The van der Waals surface area contributed by atoms with Crippen molar-refractivity contribution in [3.8, 4) is 0 Å². The van der Waals surface area contributed by atoms with Gasteiger partial charge in [0.2, 0.25) is 0 Å². The molecule has 0 saturated heterocycles. The molecule has 0 heterocycles. The van der Waals surface area contributed by atoms with Crippen LogP contribution in [0.15, 0.2) is 24.3 Å². The number of benzene rings is 1. The third-order valence-corrected chi connectivity index (χ3v) is 3.02. The van der Waals surface area contributed by atoms with Gasteiger partial charge in [-0.05, 0) is 32.4 Å². The van der Waals surface area contributed by atoms with Crippen molar-refractivity contribution in [1.82, 2.24) is 5.32 Å². The van der Waals surface area contributed by atoms with Gasteiger partial charge in [0.15, 0.2) is 0 Å². The Kier molecular flexibility index (Phi) is 5.19. The highest BCUT2D eigenvalue weighted by Gasteiger charge is 2.26. The van der Waals surface area contributed by atoms with Gasteiger partial charge < -0.3 is 10.4 Å². The summed E-state index contributed by atoms with van der Waals surface area (Å²) in [6, 6.07) is 5.19. The van der Waals surface area contributed by atoms with Gasteiger partial charge in [-0.2, -0.15) is 0 Å². The van der Waals surface area contributed by atoms with E-state index in [1.807, 2.05) is 0 Å². The average Bonchev–Trinajstić information content (AvgIpc) is 2.38. The van der Waals surface area contributed by atoms with Crippen LogP contribution in [0.25, 0.3) is 0 Å². The van der Waals surface area contributed by atoms with Gasteiger partial charge in [0.1, 0.15) is 0 Å². The highest BCUT2D eigenvalue weighted by atomic mass is 19.3. The van der Waals surface area contributed by atoms with Gasteiger partial charge in [-0.25, -0.2) is 8.78 Å². The van der Waals surface area contributed by atoms with Crippen LogP contribution < -0.4 is 5.32 Å². The molecule has 1 amide bonds. The molecule has 0 aliphatic heterocycles. The minimum Gasteiger partial charge on any atom is -0.481 e. The molecule has 4 nitrogen and oxygen atoms in total. The summed E-state index contributed by atoms with van der Waals surface area (Å²) >= 11 is 0. The van der Waals surface area contributed by atoms with Crippen LogP contribution in [0.4, 0.5) is 8.78 Å². The topological polar surface area (TPSA) is 66.4 Å². The van der Waals surface area contributed by atoms with Gasteiger partial charge in [0.25, 0.3) is 12.3 Å². The van der Waals surface area contributed by atoms with Crippen LogP contribution in [0.2, 0.25) is 0 Å². The second-order valence-corrected chi connectivity index (χ2v) is 5.12. The average molecular weight is 285 g/mol. The molecule has 0 unspecified atom stereocenters. The number of hydrogen-bond donors (Lipinski definition) is 2. The summed E-state index contributed by atoms with van der Waals surface area (Å²) in [6.07, 6.45) is -2.38. The van der Waals surface area contributed by atoms with Gasteiger partial charge in [-0.15, -0.1) is 0 Å². The van der Waals surface area contributed by atoms with Gasteiger partial charge in [-0.3, -0.25) is 9.59 Å². The molecule has 0 aromatic heterocycles. The Labute approximate surface area is 115 Å². The Morgan fingerprint density at radius 1 is 1.35 bits per heavy atom. The highest BCUT2D eigenvalue weighted by Crippen LogP contribution is 2.20. The second-order valence-electron chi connectivity index (χ2n) is 5.12. The van der Waals surface area contributed by atoms with E-state index in [0.29, 0.717) is 0 Å². The number of aliphatic carboxylic acids is 1. The van der Waals surface area contributed by atoms with Crippen LogP contribution in [0.3, 0.4) is 0 Å². The molecular weight excluding hydrogens is 268 g/mol. The monoisotopic (exact) mass is 285 g/mol. The predicted molar refractivity (Wildman–Crippen MR) is 69.8 cm³/mol. The Morgan fingerprint density at radius 2 is 2.00 bits per heavy atom. The number of halogens is 2. The maximum atomic E-state index is 12.5. The Bertz CT molecular complexity index is 501. The van der Waals surface area contributed by atoms with Crippen molar-refractivity contribution in [2.24, 2.45) is 5.41 Å². The lowest BCUT2D eigenvalue weighted by Gasteiger charge is -2.18. The molecule has 2 N–H and O–H groups in total. The molecule has 0 atom stereocenters. The molecule has 1 aromatic rings. The van der Waals surface area contributed by atoms with E-state index >= 15 is 0 Å². The first-order chi connectivity index (χ1) is 9.24. The molecule has 6 heteroatoms. The lowest BCUT2D eigenvalue weighted by Crippen LogP contribution is -2.32. The predicted octanol–water partition coefficient (Wildman–Crippen LogP) is 2.85. The SMILES string of the molecule is CC(C)(CCNC(=O)c1cccc(C(F)F)c1)C(=O)O. The Morgan fingerprint density at radius 3 is 2.55 bits per heavy atom. The summed E-state index contributed by atoms with van der Waals surface area (Å²) in [5.41, 5.74) is -1.03. The lowest BCUT2D eigenvalue weighted by atomic mass is 9.90. The molecule has 1 rings (SSSR count). The van der Waals surface area contributed by atoms with Crippen LogP contribution in [0.5, 0.6) is 0 Å². The summed E-state index contributed by atoms with van der Waals surface area (Å²) in [4.78, 5) is 22.7. The number of nitrogens with one attached hydrogen (secondary N) is 1. The van der Waals surface area contributed by atoms with Crippen molar-refractivity contribution in [2.75, 3.05) is 6.54 Å². The number of carbonyl (C=O) groups excluding carboxylic acids is 1. The molecular formula is C14H17F2NO3. The number of carbonyl (C=O) groups is 2.